The lowest BCUT2D eigenvalue weighted by Gasteiger charge is -2.15. The number of carbonyl (C=O) groups is 2. The Kier molecular flexibility index (Phi) is 4.16. The topological polar surface area (TPSA) is 83.8 Å². The number of carboxylic acids is 1. The van der Waals surface area contributed by atoms with Crippen LogP contribution in [0, 0.1) is 0 Å². The number of allylic oxidation sites excluding steroid dienone is 2. The van der Waals surface area contributed by atoms with Crippen molar-refractivity contribution in [2.75, 3.05) is 0 Å². The third-order valence-corrected chi connectivity index (χ3v) is 3.65. The van der Waals surface area contributed by atoms with Crippen LogP contribution in [-0.4, -0.2) is 22.0 Å². The van der Waals surface area contributed by atoms with Crippen LogP contribution in [0.1, 0.15) is 12.0 Å². The number of benzene rings is 2. The lowest BCUT2D eigenvalue weighted by molar-refractivity contribution is -0.133. The monoisotopic (exact) mass is 322 g/mol. The van der Waals surface area contributed by atoms with Crippen molar-refractivity contribution in [2.45, 2.75) is 6.42 Å². The molecule has 0 saturated carbocycles. The molecule has 2 aromatic carbocycles. The second kappa shape index (κ2) is 6.42. The zero-order valence-corrected chi connectivity index (χ0v) is 12.6. The molecule has 3 rings (SSSR count). The normalized spacial score (nSPS) is 14.3. The molecule has 0 bridgehead atoms. The minimum Gasteiger partial charge on any atom is -0.504 e. The van der Waals surface area contributed by atoms with Gasteiger partial charge in [-0.2, -0.15) is 0 Å². The SMILES string of the molecule is O=C(O)C1=C(O)C(=O)C=C(c2ccc(Oc3ccccc3)cc2)C1. The molecule has 120 valence electrons. The maximum atomic E-state index is 11.7. The molecule has 0 unspecified atom stereocenters. The number of rotatable bonds is 4. The van der Waals surface area contributed by atoms with Gasteiger partial charge in [0, 0.05) is 6.42 Å². The van der Waals surface area contributed by atoms with Gasteiger partial charge < -0.3 is 14.9 Å². The Balaban J connectivity index is 1.80. The molecular weight excluding hydrogens is 308 g/mol. The molecule has 5 heteroatoms. The van der Waals surface area contributed by atoms with Gasteiger partial charge >= 0.3 is 5.97 Å². The van der Waals surface area contributed by atoms with E-state index in [0.717, 1.165) is 0 Å². The number of carboxylic acid groups (broad SMARTS) is 1. The molecule has 2 aromatic rings. The molecule has 0 radical (unpaired) electrons. The van der Waals surface area contributed by atoms with Gasteiger partial charge in [0.2, 0.25) is 5.78 Å². The van der Waals surface area contributed by atoms with E-state index in [9.17, 15) is 14.7 Å². The molecular formula is C19H14O5. The van der Waals surface area contributed by atoms with Gasteiger partial charge in [0.15, 0.2) is 5.76 Å². The van der Waals surface area contributed by atoms with Crippen LogP contribution in [-0.2, 0) is 9.59 Å². The summed E-state index contributed by atoms with van der Waals surface area (Å²) in [6.45, 7) is 0. The van der Waals surface area contributed by atoms with Gasteiger partial charge in [0.25, 0.3) is 0 Å². The minimum absolute atomic E-state index is 0.00814. The number of hydrogen-bond acceptors (Lipinski definition) is 4. The Labute approximate surface area is 138 Å². The van der Waals surface area contributed by atoms with E-state index in [-0.39, 0.29) is 12.0 Å². The smallest absolute Gasteiger partial charge is 0.335 e. The average Bonchev–Trinajstić information content (AvgIpc) is 2.58. The van der Waals surface area contributed by atoms with Crippen LogP contribution in [0.15, 0.2) is 72.0 Å². The van der Waals surface area contributed by atoms with Crippen LogP contribution >= 0.6 is 0 Å². The molecule has 0 heterocycles. The quantitative estimate of drug-likeness (QED) is 0.896. The Hall–Kier alpha value is -3.34. The van der Waals surface area contributed by atoms with Crippen molar-refractivity contribution in [2.24, 2.45) is 0 Å². The van der Waals surface area contributed by atoms with Crippen molar-refractivity contribution in [1.82, 2.24) is 0 Å². The number of para-hydroxylation sites is 1. The highest BCUT2D eigenvalue weighted by atomic mass is 16.5. The van der Waals surface area contributed by atoms with Gasteiger partial charge in [0.1, 0.15) is 11.5 Å². The fraction of sp³-hybridized carbons (Fsp3) is 0.0526. The van der Waals surface area contributed by atoms with E-state index in [0.29, 0.717) is 22.6 Å². The molecule has 0 saturated heterocycles. The molecule has 24 heavy (non-hydrogen) atoms. The summed E-state index contributed by atoms with van der Waals surface area (Å²) in [5, 5.41) is 18.6. The van der Waals surface area contributed by atoms with E-state index in [2.05, 4.69) is 0 Å². The summed E-state index contributed by atoms with van der Waals surface area (Å²) >= 11 is 0. The number of aliphatic hydroxyl groups excluding tert-OH is 1. The van der Waals surface area contributed by atoms with Gasteiger partial charge in [-0.1, -0.05) is 30.3 Å². The van der Waals surface area contributed by atoms with Crippen LogP contribution in [0.2, 0.25) is 0 Å². The van der Waals surface area contributed by atoms with Gasteiger partial charge in [-0.25, -0.2) is 4.79 Å². The summed E-state index contributed by atoms with van der Waals surface area (Å²) < 4.78 is 5.69. The number of aliphatic carboxylic acids is 1. The largest absolute Gasteiger partial charge is 0.504 e. The van der Waals surface area contributed by atoms with Crippen molar-refractivity contribution < 1.29 is 24.5 Å². The second-order valence-corrected chi connectivity index (χ2v) is 5.28. The zero-order valence-electron chi connectivity index (χ0n) is 12.6. The molecule has 0 amide bonds. The number of hydrogen-bond donors (Lipinski definition) is 2. The molecule has 0 fully saturated rings. The fourth-order valence-electron chi connectivity index (χ4n) is 2.42. The van der Waals surface area contributed by atoms with Crippen LogP contribution in [0.5, 0.6) is 11.5 Å². The first-order valence-corrected chi connectivity index (χ1v) is 7.28. The average molecular weight is 322 g/mol. The molecule has 1 aliphatic rings. The molecule has 0 spiro atoms. The lowest BCUT2D eigenvalue weighted by atomic mass is 9.91. The summed E-state index contributed by atoms with van der Waals surface area (Å²) in [6, 6.07) is 16.3. The predicted octanol–water partition coefficient (Wildman–Crippen LogP) is 3.73. The maximum absolute atomic E-state index is 11.7. The van der Waals surface area contributed by atoms with Gasteiger partial charge in [-0.05, 0) is 41.5 Å². The number of ketones is 1. The third kappa shape index (κ3) is 3.20. The summed E-state index contributed by atoms with van der Waals surface area (Å²) in [7, 11) is 0. The van der Waals surface area contributed by atoms with Gasteiger partial charge in [0.05, 0.1) is 5.57 Å². The summed E-state index contributed by atoms with van der Waals surface area (Å²) in [5.74, 6) is -1.35. The molecule has 0 aliphatic heterocycles. The number of carbonyl (C=O) groups excluding carboxylic acids is 1. The summed E-state index contributed by atoms with van der Waals surface area (Å²) in [4.78, 5) is 22.9. The van der Waals surface area contributed by atoms with E-state index in [1.54, 1.807) is 24.3 Å². The fourth-order valence-corrected chi connectivity index (χ4v) is 2.42. The molecule has 2 N–H and O–H groups in total. The van der Waals surface area contributed by atoms with Gasteiger partial charge in [-0.3, -0.25) is 4.79 Å². The lowest BCUT2D eigenvalue weighted by Crippen LogP contribution is -2.15. The summed E-state index contributed by atoms with van der Waals surface area (Å²) in [6.07, 6.45) is 1.25. The van der Waals surface area contributed by atoms with Crippen LogP contribution < -0.4 is 4.74 Å². The Morgan fingerprint density at radius 2 is 1.58 bits per heavy atom. The van der Waals surface area contributed by atoms with E-state index in [4.69, 9.17) is 9.84 Å². The first kappa shape index (κ1) is 15.6. The maximum Gasteiger partial charge on any atom is 0.335 e. The van der Waals surface area contributed by atoms with E-state index < -0.39 is 17.5 Å². The summed E-state index contributed by atoms with van der Waals surface area (Å²) in [5.41, 5.74) is 0.957. The molecule has 5 nitrogen and oxygen atoms in total. The first-order chi connectivity index (χ1) is 11.5. The highest BCUT2D eigenvalue weighted by molar-refractivity contribution is 6.13. The molecule has 0 atom stereocenters. The second-order valence-electron chi connectivity index (χ2n) is 5.28. The van der Waals surface area contributed by atoms with Gasteiger partial charge in [-0.15, -0.1) is 0 Å². The van der Waals surface area contributed by atoms with Crippen LogP contribution in [0.3, 0.4) is 0 Å². The Morgan fingerprint density at radius 1 is 0.958 bits per heavy atom. The minimum atomic E-state index is -1.30. The van der Waals surface area contributed by atoms with Crippen molar-refractivity contribution in [3.05, 3.63) is 77.6 Å². The predicted molar refractivity (Wildman–Crippen MR) is 87.8 cm³/mol. The first-order valence-electron chi connectivity index (χ1n) is 7.28. The highest BCUT2D eigenvalue weighted by Crippen LogP contribution is 2.30. The number of ether oxygens (including phenoxy) is 1. The van der Waals surface area contributed by atoms with Crippen molar-refractivity contribution in [3.63, 3.8) is 0 Å². The van der Waals surface area contributed by atoms with Crippen molar-refractivity contribution in [3.8, 4) is 11.5 Å². The standard InChI is InChI=1S/C19H14O5/c20-17-11-13(10-16(18(17)21)19(22)23)12-6-8-15(9-7-12)24-14-4-2-1-3-5-14/h1-9,11,21H,10H2,(H,22,23). The Morgan fingerprint density at radius 3 is 2.21 bits per heavy atom. The Bertz CT molecular complexity index is 845. The highest BCUT2D eigenvalue weighted by Gasteiger charge is 2.25. The molecule has 1 aliphatic carbocycles. The van der Waals surface area contributed by atoms with E-state index in [1.807, 2.05) is 30.3 Å². The van der Waals surface area contributed by atoms with E-state index in [1.165, 1.54) is 6.08 Å². The van der Waals surface area contributed by atoms with Crippen molar-refractivity contribution in [1.29, 1.82) is 0 Å². The third-order valence-electron chi connectivity index (χ3n) is 3.65. The van der Waals surface area contributed by atoms with E-state index >= 15 is 0 Å². The molecule has 0 aromatic heterocycles. The van der Waals surface area contributed by atoms with Crippen molar-refractivity contribution >= 4 is 17.3 Å². The number of aliphatic hydroxyl groups is 1. The van der Waals surface area contributed by atoms with Crippen LogP contribution in [0.25, 0.3) is 5.57 Å². The zero-order chi connectivity index (χ0) is 17.1. The van der Waals surface area contributed by atoms with Crippen LogP contribution in [0.4, 0.5) is 0 Å².